The molecule has 12 heteroatoms. The van der Waals surface area contributed by atoms with E-state index in [1.165, 1.54) is 26.0 Å². The van der Waals surface area contributed by atoms with Crippen molar-refractivity contribution < 1.29 is 59.2 Å². The van der Waals surface area contributed by atoms with Crippen LogP contribution in [0.25, 0.3) is 21.9 Å². The summed E-state index contributed by atoms with van der Waals surface area (Å²) < 4.78 is 17.4. The number of ether oxygens (including phenoxy) is 3. The number of hydrogen-bond donors (Lipinski definition) is 6. The molecule has 0 amide bonds. The second kappa shape index (κ2) is 14.2. The first-order valence-electron chi connectivity index (χ1n) is 16.9. The van der Waals surface area contributed by atoms with E-state index in [1.807, 2.05) is 30.3 Å². The number of benzene rings is 5. The molecule has 5 aromatic rings. The van der Waals surface area contributed by atoms with Crippen molar-refractivity contribution >= 4 is 28.3 Å². The van der Waals surface area contributed by atoms with Crippen LogP contribution in [0.4, 0.5) is 0 Å². The number of aliphatic hydroxyl groups is 5. The third-order valence-electron chi connectivity index (χ3n) is 9.73. The van der Waals surface area contributed by atoms with Crippen molar-refractivity contribution in [3.63, 3.8) is 0 Å². The Morgan fingerprint density at radius 2 is 1.47 bits per heavy atom. The Morgan fingerprint density at radius 1 is 0.736 bits per heavy atom. The van der Waals surface area contributed by atoms with Gasteiger partial charge in [-0.05, 0) is 58.1 Å². The normalized spacial score (nSPS) is 20.9. The SMILES string of the molecule is CC(=O)Oc1cc(CO)c2c(c1-c1ccc3ccccc3c1)C(=O)c1cc(O[C@H]3O[C@@H](C)[C@@H](O)[C@@H](O)[C@H]3O)c(Cc3cccc(CO)c3)c(O)c1C2=O. The molecule has 0 saturated carbocycles. The first kappa shape index (κ1) is 35.9. The molecule has 0 unspecified atom stereocenters. The zero-order valence-electron chi connectivity index (χ0n) is 28.6. The number of aromatic hydroxyl groups is 1. The van der Waals surface area contributed by atoms with E-state index in [9.17, 15) is 45.0 Å². The van der Waals surface area contributed by atoms with Crippen LogP contribution < -0.4 is 9.47 Å². The number of fused-ring (bicyclic) bond motifs is 3. The summed E-state index contributed by atoms with van der Waals surface area (Å²) in [5.74, 6) is -3.11. The van der Waals surface area contributed by atoms with Gasteiger partial charge in [-0.1, -0.05) is 60.7 Å². The Labute approximate surface area is 303 Å². The van der Waals surface area contributed by atoms with Crippen molar-refractivity contribution in [2.75, 3.05) is 0 Å². The first-order chi connectivity index (χ1) is 25.4. The average molecular weight is 721 g/mol. The quantitative estimate of drug-likeness (QED) is 0.0986. The fraction of sp³-hybridized carbons (Fsp3) is 0.244. The van der Waals surface area contributed by atoms with Gasteiger partial charge >= 0.3 is 5.97 Å². The molecule has 0 radical (unpaired) electrons. The topological polar surface area (TPSA) is 200 Å². The van der Waals surface area contributed by atoms with E-state index in [4.69, 9.17) is 14.2 Å². The lowest BCUT2D eigenvalue weighted by atomic mass is 9.76. The van der Waals surface area contributed by atoms with Crippen molar-refractivity contribution in [2.24, 2.45) is 0 Å². The van der Waals surface area contributed by atoms with Crippen LogP contribution in [0.3, 0.4) is 0 Å². The van der Waals surface area contributed by atoms with Crippen molar-refractivity contribution in [1.82, 2.24) is 0 Å². The summed E-state index contributed by atoms with van der Waals surface area (Å²) in [7, 11) is 0. The number of hydrogen-bond acceptors (Lipinski definition) is 12. The summed E-state index contributed by atoms with van der Waals surface area (Å²) in [5.41, 5.74) is 0.708. The van der Waals surface area contributed by atoms with E-state index in [0.717, 1.165) is 10.8 Å². The van der Waals surface area contributed by atoms with Crippen LogP contribution in [0, 0.1) is 0 Å². The maximum absolute atomic E-state index is 14.9. The van der Waals surface area contributed by atoms with Crippen LogP contribution in [-0.4, -0.2) is 78.9 Å². The predicted octanol–water partition coefficient (Wildman–Crippen LogP) is 3.69. The van der Waals surface area contributed by atoms with Gasteiger partial charge in [-0.2, -0.15) is 0 Å². The molecule has 53 heavy (non-hydrogen) atoms. The van der Waals surface area contributed by atoms with Gasteiger partial charge in [-0.3, -0.25) is 14.4 Å². The van der Waals surface area contributed by atoms with E-state index >= 15 is 0 Å². The van der Waals surface area contributed by atoms with Crippen LogP contribution >= 0.6 is 0 Å². The summed E-state index contributed by atoms with van der Waals surface area (Å²) in [4.78, 5) is 41.8. The summed E-state index contributed by atoms with van der Waals surface area (Å²) in [6, 6.07) is 22.1. The number of phenolic OH excluding ortho intramolecular Hbond substituents is 1. The molecule has 1 fully saturated rings. The highest BCUT2D eigenvalue weighted by Gasteiger charge is 2.45. The lowest BCUT2D eigenvalue weighted by Gasteiger charge is -2.39. The van der Waals surface area contributed by atoms with Gasteiger partial charge in [-0.25, -0.2) is 0 Å². The summed E-state index contributed by atoms with van der Waals surface area (Å²) in [5, 5.41) is 65.5. The van der Waals surface area contributed by atoms with E-state index in [2.05, 4.69) is 0 Å². The number of carbonyl (C=O) groups excluding carboxylic acids is 3. The molecular formula is C41H36O12. The summed E-state index contributed by atoms with van der Waals surface area (Å²) >= 11 is 0. The minimum Gasteiger partial charge on any atom is -0.507 e. The van der Waals surface area contributed by atoms with Crippen LogP contribution in [0.2, 0.25) is 0 Å². The highest BCUT2D eigenvalue weighted by atomic mass is 16.7. The smallest absolute Gasteiger partial charge is 0.308 e. The zero-order chi connectivity index (χ0) is 37.7. The molecule has 5 atom stereocenters. The monoisotopic (exact) mass is 720 g/mol. The van der Waals surface area contributed by atoms with E-state index in [1.54, 1.807) is 36.4 Å². The average Bonchev–Trinajstić information content (AvgIpc) is 3.15. The molecule has 5 aromatic carbocycles. The maximum Gasteiger partial charge on any atom is 0.308 e. The van der Waals surface area contributed by atoms with Gasteiger partial charge in [0.15, 0.2) is 11.6 Å². The number of rotatable bonds is 8. The minimum absolute atomic E-state index is 0.0121. The fourth-order valence-electron chi connectivity index (χ4n) is 7.10. The zero-order valence-corrected chi connectivity index (χ0v) is 28.6. The van der Waals surface area contributed by atoms with Gasteiger partial charge in [0.2, 0.25) is 6.29 Å². The van der Waals surface area contributed by atoms with Gasteiger partial charge in [0.25, 0.3) is 0 Å². The van der Waals surface area contributed by atoms with E-state index in [-0.39, 0.29) is 63.5 Å². The third-order valence-corrected chi connectivity index (χ3v) is 9.73. The number of phenols is 1. The Hall–Kier alpha value is -5.47. The largest absolute Gasteiger partial charge is 0.507 e. The number of aliphatic hydroxyl groups excluding tert-OH is 5. The standard InChI is InChI=1S/C41H36O12/c1-19-35(45)39(49)40(50)41(51-19)53-29-16-28-33(36(46)27(29)13-21-6-5-7-22(12-21)17-42)38(48)32-26(18-43)15-30(52-20(2)44)31(34(32)37(28)47)25-11-10-23-8-3-4-9-24(23)14-25/h3-12,14-16,19,35,39-43,45-46,49-50H,13,17-18H2,1-2H3/t19-,35+,39+,40+,41+/m0/s1. The molecule has 0 aromatic heterocycles. The Bertz CT molecular complexity index is 2300. The van der Waals surface area contributed by atoms with Crippen LogP contribution in [-0.2, 0) is 29.2 Å². The van der Waals surface area contributed by atoms with Crippen molar-refractivity contribution in [3.05, 3.63) is 123 Å². The molecule has 1 heterocycles. The lowest BCUT2D eigenvalue weighted by molar-refractivity contribution is -0.268. The molecule has 7 rings (SSSR count). The van der Waals surface area contributed by atoms with E-state index in [0.29, 0.717) is 16.7 Å². The number of esters is 1. The summed E-state index contributed by atoms with van der Waals surface area (Å²) in [6.07, 6.45) is -7.48. The second-order valence-corrected chi connectivity index (χ2v) is 13.2. The Kier molecular flexibility index (Phi) is 9.60. The predicted molar refractivity (Wildman–Crippen MR) is 190 cm³/mol. The van der Waals surface area contributed by atoms with Crippen LogP contribution in [0.15, 0.2) is 78.9 Å². The van der Waals surface area contributed by atoms with Gasteiger partial charge in [0.1, 0.15) is 35.6 Å². The van der Waals surface area contributed by atoms with Gasteiger partial charge in [-0.15, -0.1) is 0 Å². The molecule has 1 aliphatic carbocycles. The van der Waals surface area contributed by atoms with Gasteiger partial charge < -0.3 is 44.8 Å². The number of carbonyl (C=O) groups is 3. The Morgan fingerprint density at radius 3 is 2.19 bits per heavy atom. The molecule has 272 valence electrons. The highest BCUT2D eigenvalue weighted by molar-refractivity contribution is 6.32. The van der Waals surface area contributed by atoms with Crippen molar-refractivity contribution in [1.29, 1.82) is 0 Å². The van der Waals surface area contributed by atoms with Gasteiger partial charge in [0.05, 0.1) is 24.9 Å². The maximum atomic E-state index is 14.9. The molecule has 0 bridgehead atoms. The van der Waals surface area contributed by atoms with Gasteiger partial charge in [0, 0.05) is 41.2 Å². The van der Waals surface area contributed by atoms with Crippen molar-refractivity contribution in [3.8, 4) is 28.4 Å². The fourth-order valence-corrected chi connectivity index (χ4v) is 7.10. The second-order valence-electron chi connectivity index (χ2n) is 13.2. The van der Waals surface area contributed by atoms with Crippen molar-refractivity contribution in [2.45, 2.75) is 64.2 Å². The number of ketones is 2. The minimum atomic E-state index is -1.75. The van der Waals surface area contributed by atoms with Crippen LogP contribution in [0.5, 0.6) is 17.2 Å². The van der Waals surface area contributed by atoms with E-state index < -0.39 is 60.6 Å². The molecule has 6 N–H and O–H groups in total. The third kappa shape index (κ3) is 6.35. The Balaban J connectivity index is 1.46. The molecular weight excluding hydrogens is 684 g/mol. The lowest BCUT2D eigenvalue weighted by Crippen LogP contribution is -2.58. The van der Waals surface area contributed by atoms with Crippen LogP contribution in [0.1, 0.15) is 67.9 Å². The summed E-state index contributed by atoms with van der Waals surface area (Å²) in [6.45, 7) is 1.67. The molecule has 12 nitrogen and oxygen atoms in total. The molecule has 2 aliphatic rings. The molecule has 0 spiro atoms. The first-order valence-corrected chi connectivity index (χ1v) is 16.9. The highest BCUT2D eigenvalue weighted by Crippen LogP contribution is 2.47. The molecule has 1 saturated heterocycles. The molecule has 1 aliphatic heterocycles.